The lowest BCUT2D eigenvalue weighted by atomic mass is 10.1. The van der Waals surface area contributed by atoms with Gasteiger partial charge in [0, 0.05) is 16.8 Å². The average molecular weight is 186 g/mol. The van der Waals surface area contributed by atoms with Gasteiger partial charge in [-0.3, -0.25) is 0 Å². The molecule has 0 radical (unpaired) electrons. The molecule has 0 spiro atoms. The van der Waals surface area contributed by atoms with Crippen molar-refractivity contribution < 1.29 is 0 Å². The lowest BCUT2D eigenvalue weighted by Crippen LogP contribution is -1.94. The molecule has 0 bridgehead atoms. The van der Waals surface area contributed by atoms with E-state index < -0.39 is 0 Å². The SMILES string of the molecule is Cc1cc(C)c2cc(C)c(C)nc2n1. The van der Waals surface area contributed by atoms with Crippen LogP contribution >= 0.6 is 0 Å². The fourth-order valence-electron chi connectivity index (χ4n) is 1.66. The zero-order valence-electron chi connectivity index (χ0n) is 9.05. The molecular weight excluding hydrogens is 172 g/mol. The fraction of sp³-hybridized carbons (Fsp3) is 0.333. The van der Waals surface area contributed by atoms with Crippen LogP contribution < -0.4 is 0 Å². The van der Waals surface area contributed by atoms with Gasteiger partial charge in [0.15, 0.2) is 5.65 Å². The van der Waals surface area contributed by atoms with Crippen LogP contribution in [-0.4, -0.2) is 9.97 Å². The summed E-state index contributed by atoms with van der Waals surface area (Å²) >= 11 is 0. The largest absolute Gasteiger partial charge is 0.233 e. The molecule has 0 fully saturated rings. The third kappa shape index (κ3) is 1.37. The highest BCUT2D eigenvalue weighted by Crippen LogP contribution is 2.18. The predicted molar refractivity (Wildman–Crippen MR) is 58.5 cm³/mol. The summed E-state index contributed by atoms with van der Waals surface area (Å²) in [5, 5.41) is 1.17. The summed E-state index contributed by atoms with van der Waals surface area (Å²) in [5.74, 6) is 0. The van der Waals surface area contributed by atoms with Crippen molar-refractivity contribution in [1.82, 2.24) is 9.97 Å². The summed E-state index contributed by atoms with van der Waals surface area (Å²) in [6, 6.07) is 4.26. The van der Waals surface area contributed by atoms with Crippen LogP contribution in [0.2, 0.25) is 0 Å². The molecule has 0 unspecified atom stereocenters. The highest BCUT2D eigenvalue weighted by Gasteiger charge is 2.03. The Morgan fingerprint density at radius 1 is 0.857 bits per heavy atom. The molecule has 2 heterocycles. The van der Waals surface area contributed by atoms with Gasteiger partial charge >= 0.3 is 0 Å². The molecule has 0 aromatic carbocycles. The summed E-state index contributed by atoms with van der Waals surface area (Å²) in [4.78, 5) is 8.91. The maximum atomic E-state index is 4.49. The maximum Gasteiger partial charge on any atom is 0.159 e. The lowest BCUT2D eigenvalue weighted by Gasteiger charge is -2.05. The van der Waals surface area contributed by atoms with E-state index in [1.54, 1.807) is 0 Å². The lowest BCUT2D eigenvalue weighted by molar-refractivity contribution is 1.13. The smallest absolute Gasteiger partial charge is 0.159 e. The molecule has 2 rings (SSSR count). The zero-order chi connectivity index (χ0) is 10.3. The molecule has 2 aromatic heterocycles. The minimum Gasteiger partial charge on any atom is -0.233 e. The van der Waals surface area contributed by atoms with Crippen LogP contribution in [0.5, 0.6) is 0 Å². The van der Waals surface area contributed by atoms with E-state index in [0.29, 0.717) is 0 Å². The summed E-state index contributed by atoms with van der Waals surface area (Å²) in [5.41, 5.74) is 5.45. The predicted octanol–water partition coefficient (Wildman–Crippen LogP) is 2.86. The molecule has 0 saturated carbocycles. The second-order valence-corrected chi connectivity index (χ2v) is 3.84. The molecule has 0 atom stereocenters. The quantitative estimate of drug-likeness (QED) is 0.632. The van der Waals surface area contributed by atoms with Gasteiger partial charge in [-0.25, -0.2) is 9.97 Å². The van der Waals surface area contributed by atoms with Crippen LogP contribution in [0.25, 0.3) is 11.0 Å². The first-order valence-corrected chi connectivity index (χ1v) is 4.80. The van der Waals surface area contributed by atoms with E-state index in [-0.39, 0.29) is 0 Å². The van der Waals surface area contributed by atoms with Gasteiger partial charge in [-0.15, -0.1) is 0 Å². The van der Waals surface area contributed by atoms with Crippen LogP contribution in [0.1, 0.15) is 22.5 Å². The molecule has 2 heteroatoms. The van der Waals surface area contributed by atoms with Gasteiger partial charge in [0.2, 0.25) is 0 Å². The van der Waals surface area contributed by atoms with Gasteiger partial charge in [-0.2, -0.15) is 0 Å². The standard InChI is InChI=1S/C12H14N2/c1-7-6-11-8(2)5-9(3)13-12(11)14-10(7)4/h5-6H,1-4H3. The summed E-state index contributed by atoms with van der Waals surface area (Å²) < 4.78 is 0. The van der Waals surface area contributed by atoms with Crippen LogP contribution in [0, 0.1) is 27.7 Å². The van der Waals surface area contributed by atoms with Gasteiger partial charge in [0.1, 0.15) is 0 Å². The number of fused-ring (bicyclic) bond motifs is 1. The number of rotatable bonds is 0. The van der Waals surface area contributed by atoms with Crippen molar-refractivity contribution in [1.29, 1.82) is 0 Å². The monoisotopic (exact) mass is 186 g/mol. The highest BCUT2D eigenvalue weighted by molar-refractivity contribution is 5.79. The Hall–Kier alpha value is -1.44. The van der Waals surface area contributed by atoms with E-state index in [1.165, 1.54) is 16.5 Å². The van der Waals surface area contributed by atoms with Gasteiger partial charge in [0.25, 0.3) is 0 Å². The van der Waals surface area contributed by atoms with Crippen molar-refractivity contribution in [2.45, 2.75) is 27.7 Å². The molecule has 0 N–H and O–H groups in total. The van der Waals surface area contributed by atoms with Crippen molar-refractivity contribution >= 4 is 11.0 Å². The Morgan fingerprint density at radius 3 is 2.29 bits per heavy atom. The molecule has 0 aliphatic heterocycles. The minimum absolute atomic E-state index is 0.866. The molecule has 14 heavy (non-hydrogen) atoms. The summed E-state index contributed by atoms with van der Waals surface area (Å²) in [7, 11) is 0. The Balaban J connectivity index is 2.89. The van der Waals surface area contributed by atoms with Crippen molar-refractivity contribution in [2.24, 2.45) is 0 Å². The van der Waals surface area contributed by atoms with Crippen molar-refractivity contribution in [3.05, 3.63) is 34.6 Å². The van der Waals surface area contributed by atoms with E-state index in [9.17, 15) is 0 Å². The second kappa shape index (κ2) is 3.05. The summed E-state index contributed by atoms with van der Waals surface area (Å²) in [6.45, 7) is 8.21. The molecule has 0 aliphatic rings. The molecule has 72 valence electrons. The number of nitrogens with zero attached hydrogens (tertiary/aromatic N) is 2. The number of hydrogen-bond donors (Lipinski definition) is 0. The zero-order valence-corrected chi connectivity index (χ0v) is 9.05. The Bertz CT molecular complexity index is 501. The second-order valence-electron chi connectivity index (χ2n) is 3.84. The summed E-state index contributed by atoms with van der Waals surface area (Å²) in [6.07, 6.45) is 0. The van der Waals surface area contributed by atoms with Crippen molar-refractivity contribution in [3.63, 3.8) is 0 Å². The first-order chi connectivity index (χ1) is 6.58. The van der Waals surface area contributed by atoms with Crippen LogP contribution in [0.4, 0.5) is 0 Å². The fourth-order valence-corrected chi connectivity index (χ4v) is 1.66. The van der Waals surface area contributed by atoms with E-state index in [0.717, 1.165) is 17.0 Å². The molecule has 2 nitrogen and oxygen atoms in total. The van der Waals surface area contributed by atoms with Crippen LogP contribution in [0.15, 0.2) is 12.1 Å². The number of aryl methyl sites for hydroxylation is 4. The third-order valence-corrected chi connectivity index (χ3v) is 2.58. The Kier molecular flexibility index (Phi) is 1.99. The number of hydrogen-bond acceptors (Lipinski definition) is 2. The Labute approximate surface area is 84.0 Å². The van der Waals surface area contributed by atoms with E-state index in [4.69, 9.17) is 0 Å². The van der Waals surface area contributed by atoms with E-state index in [2.05, 4.69) is 35.9 Å². The first-order valence-electron chi connectivity index (χ1n) is 4.80. The Morgan fingerprint density at radius 2 is 1.57 bits per heavy atom. The molecular formula is C12H14N2. The third-order valence-electron chi connectivity index (χ3n) is 2.58. The van der Waals surface area contributed by atoms with E-state index in [1.807, 2.05) is 13.8 Å². The molecule has 2 aromatic rings. The van der Waals surface area contributed by atoms with Gasteiger partial charge in [0.05, 0.1) is 0 Å². The highest BCUT2D eigenvalue weighted by atomic mass is 14.9. The van der Waals surface area contributed by atoms with E-state index >= 15 is 0 Å². The van der Waals surface area contributed by atoms with Gasteiger partial charge in [-0.1, -0.05) is 0 Å². The normalized spacial score (nSPS) is 10.9. The first kappa shape index (κ1) is 9.13. The maximum absolute atomic E-state index is 4.49. The minimum atomic E-state index is 0.866. The van der Waals surface area contributed by atoms with Crippen molar-refractivity contribution in [2.75, 3.05) is 0 Å². The topological polar surface area (TPSA) is 25.8 Å². The van der Waals surface area contributed by atoms with Crippen molar-refractivity contribution in [3.8, 4) is 0 Å². The van der Waals surface area contributed by atoms with Crippen LogP contribution in [0.3, 0.4) is 0 Å². The number of aromatic nitrogens is 2. The molecule has 0 aliphatic carbocycles. The van der Waals surface area contributed by atoms with Gasteiger partial charge < -0.3 is 0 Å². The van der Waals surface area contributed by atoms with Gasteiger partial charge in [-0.05, 0) is 51.0 Å². The molecule has 0 saturated heterocycles. The van der Waals surface area contributed by atoms with Crippen LogP contribution in [-0.2, 0) is 0 Å². The molecule has 0 amide bonds. The number of pyridine rings is 2. The average Bonchev–Trinajstić information content (AvgIpc) is 2.08.